The van der Waals surface area contributed by atoms with Gasteiger partial charge in [-0.25, -0.2) is 4.39 Å². The van der Waals surface area contributed by atoms with E-state index in [2.05, 4.69) is 24.1 Å². The highest BCUT2D eigenvalue weighted by Crippen LogP contribution is 2.18. The molecule has 1 aromatic rings. The fourth-order valence-electron chi connectivity index (χ4n) is 2.94. The monoisotopic (exact) mass is 320 g/mol. The highest BCUT2D eigenvalue weighted by molar-refractivity contribution is 5.78. The SMILES string of the molecule is Cc1ccc(CNC(=O)C2CCN(CCC(C)C)CC2)cc1F. The smallest absolute Gasteiger partial charge is 0.223 e. The third kappa shape index (κ3) is 5.61. The van der Waals surface area contributed by atoms with Crippen LogP contribution in [0.4, 0.5) is 4.39 Å². The molecule has 3 nitrogen and oxygen atoms in total. The zero-order valence-corrected chi connectivity index (χ0v) is 14.6. The van der Waals surface area contributed by atoms with E-state index in [1.54, 1.807) is 13.0 Å². The van der Waals surface area contributed by atoms with Crippen LogP contribution in [0.5, 0.6) is 0 Å². The minimum Gasteiger partial charge on any atom is -0.352 e. The van der Waals surface area contributed by atoms with Crippen molar-refractivity contribution in [1.82, 2.24) is 10.2 Å². The van der Waals surface area contributed by atoms with Crippen molar-refractivity contribution in [2.75, 3.05) is 19.6 Å². The van der Waals surface area contributed by atoms with Crippen LogP contribution < -0.4 is 5.32 Å². The molecule has 1 aromatic carbocycles. The molecule has 0 saturated carbocycles. The molecular weight excluding hydrogens is 291 g/mol. The van der Waals surface area contributed by atoms with Crippen LogP contribution in [0.15, 0.2) is 18.2 Å². The number of rotatable bonds is 6. The molecule has 1 saturated heterocycles. The van der Waals surface area contributed by atoms with Crippen LogP contribution >= 0.6 is 0 Å². The topological polar surface area (TPSA) is 32.3 Å². The van der Waals surface area contributed by atoms with Crippen molar-refractivity contribution in [3.63, 3.8) is 0 Å². The fourth-order valence-corrected chi connectivity index (χ4v) is 2.94. The first-order valence-electron chi connectivity index (χ1n) is 8.71. The number of nitrogens with one attached hydrogen (secondary N) is 1. The lowest BCUT2D eigenvalue weighted by Gasteiger charge is -2.31. The van der Waals surface area contributed by atoms with E-state index in [-0.39, 0.29) is 17.6 Å². The highest BCUT2D eigenvalue weighted by atomic mass is 19.1. The summed E-state index contributed by atoms with van der Waals surface area (Å²) in [6, 6.07) is 5.13. The maximum atomic E-state index is 13.5. The molecule has 0 radical (unpaired) electrons. The summed E-state index contributed by atoms with van der Waals surface area (Å²) in [6.45, 7) is 9.78. The number of carbonyl (C=O) groups excluding carboxylic acids is 1. The minimum absolute atomic E-state index is 0.0978. The molecule has 1 fully saturated rings. The molecule has 0 aliphatic carbocycles. The summed E-state index contributed by atoms with van der Waals surface area (Å²) in [5.74, 6) is 0.719. The largest absolute Gasteiger partial charge is 0.352 e. The van der Waals surface area contributed by atoms with Gasteiger partial charge in [0.1, 0.15) is 5.82 Å². The van der Waals surface area contributed by atoms with Crippen molar-refractivity contribution in [3.05, 3.63) is 35.1 Å². The molecule has 1 aliphatic heterocycles. The van der Waals surface area contributed by atoms with E-state index >= 15 is 0 Å². The van der Waals surface area contributed by atoms with Gasteiger partial charge in [0.05, 0.1) is 0 Å². The molecule has 0 unspecified atom stereocenters. The lowest BCUT2D eigenvalue weighted by molar-refractivity contribution is -0.126. The first kappa shape index (κ1) is 17.9. The van der Waals surface area contributed by atoms with Crippen LogP contribution in [0.3, 0.4) is 0 Å². The van der Waals surface area contributed by atoms with Gasteiger partial charge in [-0.15, -0.1) is 0 Å². The summed E-state index contributed by atoms with van der Waals surface area (Å²) >= 11 is 0. The number of aryl methyl sites for hydroxylation is 1. The van der Waals surface area contributed by atoms with Crippen molar-refractivity contribution in [3.8, 4) is 0 Å². The van der Waals surface area contributed by atoms with Gasteiger partial charge in [-0.1, -0.05) is 26.0 Å². The van der Waals surface area contributed by atoms with Crippen molar-refractivity contribution in [2.24, 2.45) is 11.8 Å². The van der Waals surface area contributed by atoms with E-state index in [9.17, 15) is 9.18 Å². The summed E-state index contributed by atoms with van der Waals surface area (Å²) in [5, 5.41) is 2.96. The average molecular weight is 320 g/mol. The molecule has 23 heavy (non-hydrogen) atoms. The number of likely N-dealkylation sites (tertiary alicyclic amines) is 1. The number of amides is 1. The van der Waals surface area contributed by atoms with Crippen molar-refractivity contribution < 1.29 is 9.18 Å². The molecule has 0 bridgehead atoms. The summed E-state index contributed by atoms with van der Waals surface area (Å²) in [4.78, 5) is 14.7. The fraction of sp³-hybridized carbons (Fsp3) is 0.632. The van der Waals surface area contributed by atoms with Gasteiger partial charge in [0.15, 0.2) is 0 Å². The standard InChI is InChI=1S/C19H29FN2O/c1-14(2)6-9-22-10-7-17(8-11-22)19(23)21-13-16-5-4-15(3)18(20)12-16/h4-5,12,14,17H,6-11,13H2,1-3H3,(H,21,23). The number of hydrogen-bond acceptors (Lipinski definition) is 2. The Bertz CT molecular complexity index is 522. The van der Waals surface area contributed by atoms with E-state index in [4.69, 9.17) is 0 Å². The molecule has 1 heterocycles. The average Bonchev–Trinajstić information content (AvgIpc) is 2.54. The van der Waals surface area contributed by atoms with E-state index < -0.39 is 0 Å². The lowest BCUT2D eigenvalue weighted by Crippen LogP contribution is -2.40. The minimum atomic E-state index is -0.213. The molecular formula is C19H29FN2O. The predicted molar refractivity (Wildman–Crippen MR) is 91.6 cm³/mol. The molecule has 1 amide bonds. The van der Waals surface area contributed by atoms with Gasteiger partial charge in [-0.2, -0.15) is 0 Å². The van der Waals surface area contributed by atoms with Gasteiger partial charge in [0.25, 0.3) is 0 Å². The number of nitrogens with zero attached hydrogens (tertiary/aromatic N) is 1. The van der Waals surface area contributed by atoms with Crippen LogP contribution in [0.1, 0.15) is 44.2 Å². The summed E-state index contributed by atoms with van der Waals surface area (Å²) < 4.78 is 13.5. The van der Waals surface area contributed by atoms with Gasteiger partial charge in [-0.05, 0) is 68.9 Å². The second kappa shape index (κ2) is 8.44. The third-order valence-electron chi connectivity index (χ3n) is 4.68. The Morgan fingerprint density at radius 3 is 2.65 bits per heavy atom. The van der Waals surface area contributed by atoms with E-state index in [0.29, 0.717) is 12.1 Å². The maximum Gasteiger partial charge on any atom is 0.223 e. The zero-order valence-electron chi connectivity index (χ0n) is 14.6. The van der Waals surface area contributed by atoms with Crippen LogP contribution in [0.2, 0.25) is 0 Å². The molecule has 2 rings (SSSR count). The van der Waals surface area contributed by atoms with Gasteiger partial charge < -0.3 is 10.2 Å². The quantitative estimate of drug-likeness (QED) is 0.870. The van der Waals surface area contributed by atoms with Crippen molar-refractivity contribution in [1.29, 1.82) is 0 Å². The van der Waals surface area contributed by atoms with Crippen molar-refractivity contribution >= 4 is 5.91 Å². The maximum absolute atomic E-state index is 13.5. The van der Waals surface area contributed by atoms with Crippen LogP contribution in [-0.4, -0.2) is 30.4 Å². The highest BCUT2D eigenvalue weighted by Gasteiger charge is 2.24. The normalized spacial score (nSPS) is 16.7. The predicted octanol–water partition coefficient (Wildman–Crippen LogP) is 3.51. The second-order valence-electron chi connectivity index (χ2n) is 7.10. The first-order chi connectivity index (χ1) is 11.0. The van der Waals surface area contributed by atoms with Gasteiger partial charge in [-0.3, -0.25) is 4.79 Å². The Balaban J connectivity index is 1.73. The molecule has 0 spiro atoms. The number of hydrogen-bond donors (Lipinski definition) is 1. The zero-order chi connectivity index (χ0) is 16.8. The number of carbonyl (C=O) groups is 1. The van der Waals surface area contributed by atoms with Crippen LogP contribution in [0.25, 0.3) is 0 Å². The Kier molecular flexibility index (Phi) is 6.58. The molecule has 0 atom stereocenters. The summed E-state index contributed by atoms with van der Waals surface area (Å²) in [5.41, 5.74) is 1.45. The van der Waals surface area contributed by atoms with Crippen molar-refractivity contribution in [2.45, 2.75) is 46.6 Å². The Morgan fingerprint density at radius 2 is 2.04 bits per heavy atom. The van der Waals surface area contributed by atoms with Crippen LogP contribution in [-0.2, 0) is 11.3 Å². The molecule has 0 aromatic heterocycles. The molecule has 1 N–H and O–H groups in total. The summed E-state index contributed by atoms with van der Waals surface area (Å²) in [6.07, 6.45) is 3.06. The van der Waals surface area contributed by atoms with Crippen LogP contribution in [0, 0.1) is 24.6 Å². The molecule has 4 heteroatoms. The third-order valence-corrected chi connectivity index (χ3v) is 4.68. The van der Waals surface area contributed by atoms with E-state index in [0.717, 1.165) is 44.0 Å². The lowest BCUT2D eigenvalue weighted by atomic mass is 9.95. The van der Waals surface area contributed by atoms with E-state index in [1.807, 2.05) is 6.07 Å². The number of benzene rings is 1. The Morgan fingerprint density at radius 1 is 1.35 bits per heavy atom. The first-order valence-corrected chi connectivity index (χ1v) is 8.71. The molecule has 128 valence electrons. The number of piperidine rings is 1. The Labute approximate surface area is 139 Å². The Hall–Kier alpha value is -1.42. The summed E-state index contributed by atoms with van der Waals surface area (Å²) in [7, 11) is 0. The number of halogens is 1. The van der Waals surface area contributed by atoms with Gasteiger partial charge in [0.2, 0.25) is 5.91 Å². The van der Waals surface area contributed by atoms with Gasteiger partial charge >= 0.3 is 0 Å². The van der Waals surface area contributed by atoms with E-state index in [1.165, 1.54) is 12.5 Å². The second-order valence-corrected chi connectivity index (χ2v) is 7.10. The molecule has 1 aliphatic rings. The van der Waals surface area contributed by atoms with Gasteiger partial charge in [0, 0.05) is 12.5 Å².